The van der Waals surface area contributed by atoms with Crippen LogP contribution in [0.2, 0.25) is 0 Å². The van der Waals surface area contributed by atoms with Crippen LogP contribution in [0, 0.1) is 0 Å². The molecular formula is C6H14BN2O3+. The SMILES string of the molecule is CN1CC[N+](C=O)(B(O)O)CC1. The van der Waals surface area contributed by atoms with Crippen molar-refractivity contribution in [3.63, 3.8) is 0 Å². The van der Waals surface area contributed by atoms with Crippen molar-refractivity contribution >= 4 is 13.7 Å². The van der Waals surface area contributed by atoms with Gasteiger partial charge in [0.2, 0.25) is 0 Å². The molecule has 0 aromatic carbocycles. The van der Waals surface area contributed by atoms with Gasteiger partial charge in [0.15, 0.2) is 0 Å². The standard InChI is InChI=1S/C6H14BN2O3/c1-8-2-4-9(6-10,5-3-8)7(11)12/h6,11-12H,2-5H2,1H3/q+1. The number of piperazine rings is 1. The predicted molar refractivity (Wildman–Crippen MR) is 43.7 cm³/mol. The van der Waals surface area contributed by atoms with E-state index < -0.39 is 7.25 Å². The maximum absolute atomic E-state index is 10.7. The fraction of sp³-hybridized carbons (Fsp3) is 0.833. The van der Waals surface area contributed by atoms with Gasteiger partial charge in [-0.3, -0.25) is 9.29 Å². The Balaban J connectivity index is 2.63. The third kappa shape index (κ3) is 1.66. The van der Waals surface area contributed by atoms with Gasteiger partial charge in [-0.1, -0.05) is 0 Å². The summed E-state index contributed by atoms with van der Waals surface area (Å²) < 4.78 is -0.246. The molecule has 1 aliphatic heterocycles. The van der Waals surface area contributed by atoms with Crippen molar-refractivity contribution in [1.29, 1.82) is 0 Å². The summed E-state index contributed by atoms with van der Waals surface area (Å²) in [5.74, 6) is 0. The zero-order valence-electron chi connectivity index (χ0n) is 7.18. The Hall–Kier alpha value is -0.425. The molecule has 1 saturated heterocycles. The zero-order valence-corrected chi connectivity index (χ0v) is 7.18. The van der Waals surface area contributed by atoms with Gasteiger partial charge in [0.1, 0.15) is 0 Å². The van der Waals surface area contributed by atoms with Crippen LogP contribution in [-0.4, -0.2) is 66.2 Å². The summed E-state index contributed by atoms with van der Waals surface area (Å²) >= 11 is 0. The maximum Gasteiger partial charge on any atom is 0.761 e. The fourth-order valence-corrected chi connectivity index (χ4v) is 1.33. The maximum atomic E-state index is 10.7. The van der Waals surface area contributed by atoms with Gasteiger partial charge in [0.25, 0.3) is 6.41 Å². The molecule has 68 valence electrons. The molecule has 1 rings (SSSR count). The molecule has 0 unspecified atom stereocenters. The highest BCUT2D eigenvalue weighted by Gasteiger charge is 2.45. The molecule has 5 nitrogen and oxygen atoms in total. The fourth-order valence-electron chi connectivity index (χ4n) is 1.33. The monoisotopic (exact) mass is 173 g/mol. The van der Waals surface area contributed by atoms with Crippen molar-refractivity contribution in [1.82, 2.24) is 4.90 Å². The van der Waals surface area contributed by atoms with Gasteiger partial charge in [-0.25, -0.2) is 4.79 Å². The van der Waals surface area contributed by atoms with Crippen molar-refractivity contribution in [2.45, 2.75) is 0 Å². The molecule has 6 heteroatoms. The van der Waals surface area contributed by atoms with Crippen molar-refractivity contribution in [3.8, 4) is 0 Å². The topological polar surface area (TPSA) is 60.8 Å². The molecule has 1 aliphatic rings. The minimum Gasteiger partial charge on any atom is -0.370 e. The molecule has 1 heterocycles. The summed E-state index contributed by atoms with van der Waals surface area (Å²) in [6.07, 6.45) is 0.623. The highest BCUT2D eigenvalue weighted by Crippen LogP contribution is 2.09. The van der Waals surface area contributed by atoms with Crippen LogP contribution in [0.4, 0.5) is 0 Å². The minimum absolute atomic E-state index is 0.246. The molecule has 0 bridgehead atoms. The van der Waals surface area contributed by atoms with E-state index in [-0.39, 0.29) is 4.39 Å². The Morgan fingerprint density at radius 3 is 2.25 bits per heavy atom. The molecule has 12 heavy (non-hydrogen) atoms. The van der Waals surface area contributed by atoms with Crippen LogP contribution in [0.15, 0.2) is 0 Å². The highest BCUT2D eigenvalue weighted by molar-refractivity contribution is 6.33. The Bertz CT molecular complexity index is 168. The third-order valence-electron chi connectivity index (χ3n) is 2.47. The van der Waals surface area contributed by atoms with Gasteiger partial charge in [-0.05, 0) is 7.05 Å². The average molecular weight is 173 g/mol. The van der Waals surface area contributed by atoms with E-state index in [1.807, 2.05) is 7.05 Å². The van der Waals surface area contributed by atoms with Crippen LogP contribution in [0.5, 0.6) is 0 Å². The van der Waals surface area contributed by atoms with Crippen LogP contribution in [0.3, 0.4) is 0 Å². The first-order chi connectivity index (χ1) is 5.60. The average Bonchev–Trinajstić information content (AvgIpc) is 2.06. The van der Waals surface area contributed by atoms with E-state index in [4.69, 9.17) is 10.0 Å². The molecule has 2 N–H and O–H groups in total. The van der Waals surface area contributed by atoms with Gasteiger partial charge in [-0.15, -0.1) is 0 Å². The molecular weight excluding hydrogens is 159 g/mol. The largest absolute Gasteiger partial charge is 0.761 e. The van der Waals surface area contributed by atoms with E-state index in [0.29, 0.717) is 19.5 Å². The van der Waals surface area contributed by atoms with Gasteiger partial charge >= 0.3 is 7.25 Å². The highest BCUT2D eigenvalue weighted by atomic mass is 16.4. The normalized spacial score (nSPS) is 23.6. The second-order valence-corrected chi connectivity index (χ2v) is 3.31. The summed E-state index contributed by atoms with van der Waals surface area (Å²) in [4.78, 5) is 12.7. The molecule has 0 aliphatic carbocycles. The van der Waals surface area contributed by atoms with Crippen LogP contribution in [-0.2, 0) is 4.79 Å². The summed E-state index contributed by atoms with van der Waals surface area (Å²) in [7, 11) is 0.374. The Kier molecular flexibility index (Phi) is 2.84. The van der Waals surface area contributed by atoms with Crippen LogP contribution >= 0.6 is 0 Å². The molecule has 1 fully saturated rings. The number of likely N-dealkylation sites (N-methyl/N-ethyl adjacent to an activating group) is 1. The van der Waals surface area contributed by atoms with Gasteiger partial charge in [0, 0.05) is 13.1 Å². The van der Waals surface area contributed by atoms with Gasteiger partial charge < -0.3 is 10.0 Å². The van der Waals surface area contributed by atoms with Gasteiger partial charge in [0.05, 0.1) is 13.1 Å². The van der Waals surface area contributed by atoms with Crippen LogP contribution < -0.4 is 0 Å². The summed E-state index contributed by atoms with van der Waals surface area (Å²) in [5, 5.41) is 18.0. The lowest BCUT2D eigenvalue weighted by Crippen LogP contribution is -2.65. The number of quaternary nitrogens is 1. The van der Waals surface area contributed by atoms with Crippen molar-refractivity contribution in [2.75, 3.05) is 33.2 Å². The lowest BCUT2D eigenvalue weighted by atomic mass is 9.99. The van der Waals surface area contributed by atoms with E-state index >= 15 is 0 Å². The van der Waals surface area contributed by atoms with E-state index in [1.165, 1.54) is 0 Å². The molecule has 0 radical (unpaired) electrons. The Morgan fingerprint density at radius 2 is 1.92 bits per heavy atom. The molecule has 1 amide bonds. The van der Waals surface area contributed by atoms with Crippen LogP contribution in [0.1, 0.15) is 0 Å². The van der Waals surface area contributed by atoms with Crippen LogP contribution in [0.25, 0.3) is 0 Å². The van der Waals surface area contributed by atoms with E-state index in [0.717, 1.165) is 13.1 Å². The number of carbonyl (C=O) groups excluding carboxylic acids is 1. The summed E-state index contributed by atoms with van der Waals surface area (Å²) in [6.45, 7) is 2.38. The summed E-state index contributed by atoms with van der Waals surface area (Å²) in [5.41, 5.74) is 0. The first-order valence-electron chi connectivity index (χ1n) is 3.98. The van der Waals surface area contributed by atoms with Crippen molar-refractivity contribution in [3.05, 3.63) is 0 Å². The lowest BCUT2D eigenvalue weighted by Gasteiger charge is -2.37. The number of hydrogen-bond donors (Lipinski definition) is 2. The molecule has 0 spiro atoms. The number of amides is 1. The van der Waals surface area contributed by atoms with Crippen molar-refractivity contribution < 1.29 is 19.2 Å². The first-order valence-corrected chi connectivity index (χ1v) is 3.98. The number of nitrogens with zero attached hydrogens (tertiary/aromatic N) is 2. The van der Waals surface area contributed by atoms with Gasteiger partial charge in [-0.2, -0.15) is 0 Å². The number of rotatable bonds is 2. The smallest absolute Gasteiger partial charge is 0.370 e. The van der Waals surface area contributed by atoms with E-state index in [2.05, 4.69) is 4.90 Å². The number of hydrogen-bond acceptors (Lipinski definition) is 4. The lowest BCUT2D eigenvalue weighted by molar-refractivity contribution is -0.762. The quantitative estimate of drug-likeness (QED) is 0.370. The molecule has 0 saturated carbocycles. The molecule has 0 aromatic rings. The predicted octanol–water partition coefficient (Wildman–Crippen LogP) is -2.13. The van der Waals surface area contributed by atoms with E-state index in [1.54, 1.807) is 0 Å². The minimum atomic E-state index is -1.57. The molecule has 0 atom stereocenters. The third-order valence-corrected chi connectivity index (χ3v) is 2.47. The molecule has 0 aromatic heterocycles. The summed E-state index contributed by atoms with van der Waals surface area (Å²) in [6, 6.07) is 0. The van der Waals surface area contributed by atoms with Crippen molar-refractivity contribution in [2.24, 2.45) is 0 Å². The second-order valence-electron chi connectivity index (χ2n) is 3.31. The Morgan fingerprint density at radius 1 is 1.42 bits per heavy atom. The second kappa shape index (κ2) is 3.53. The zero-order chi connectivity index (χ0) is 9.19. The van der Waals surface area contributed by atoms with E-state index in [9.17, 15) is 4.79 Å². The first kappa shape index (κ1) is 9.66. The number of carbonyl (C=O) groups is 1. The Labute approximate surface area is 72.0 Å².